The van der Waals surface area contributed by atoms with Crippen LogP contribution in [0.15, 0.2) is 34.8 Å². The second-order valence-electron chi connectivity index (χ2n) is 3.98. The van der Waals surface area contributed by atoms with Crippen LogP contribution in [0.2, 0.25) is 0 Å². The number of ether oxygens (including phenoxy) is 1. The fraction of sp³-hybridized carbons (Fsp3) is 0.0769. The van der Waals surface area contributed by atoms with Gasteiger partial charge in [0.1, 0.15) is 11.6 Å². The molecule has 1 heterocycles. The number of halogens is 1. The van der Waals surface area contributed by atoms with Crippen LogP contribution in [0.5, 0.6) is 5.75 Å². The quantitative estimate of drug-likeness (QED) is 0.349. The molecular formula is C13H12FN3O3S. The number of amides is 1. The fourth-order valence-electron chi connectivity index (χ4n) is 1.62. The number of nitrogens with zero attached hydrogens (tertiary/aromatic N) is 1. The molecule has 1 amide bonds. The van der Waals surface area contributed by atoms with Gasteiger partial charge in [0.05, 0.1) is 17.7 Å². The lowest BCUT2D eigenvalue weighted by Gasteiger charge is -2.09. The highest BCUT2D eigenvalue weighted by Crippen LogP contribution is 2.23. The Morgan fingerprint density at radius 3 is 2.86 bits per heavy atom. The van der Waals surface area contributed by atoms with Gasteiger partial charge in [0.2, 0.25) is 0 Å². The standard InChI is InChI=1S/C13H12FN3O3S/c1-20-8-5-11(21-6-8)13(18)16-10-3-2-7(14)4-9(10)12(15)17-19/h2-6,19H,1H3,(H2,15,17)(H,16,18). The molecule has 2 aromatic rings. The number of carbonyl (C=O) groups excluding carboxylic acids is 1. The average Bonchev–Trinajstić information content (AvgIpc) is 2.97. The zero-order valence-electron chi connectivity index (χ0n) is 11.0. The van der Waals surface area contributed by atoms with Crippen LogP contribution < -0.4 is 15.8 Å². The van der Waals surface area contributed by atoms with Gasteiger partial charge in [0.15, 0.2) is 5.84 Å². The van der Waals surface area contributed by atoms with Crippen molar-refractivity contribution in [3.8, 4) is 5.75 Å². The minimum Gasteiger partial charge on any atom is -0.496 e. The first-order chi connectivity index (χ1) is 10.0. The van der Waals surface area contributed by atoms with E-state index in [0.29, 0.717) is 10.6 Å². The molecule has 2 rings (SSSR count). The van der Waals surface area contributed by atoms with Crippen LogP contribution in [0.4, 0.5) is 10.1 Å². The third kappa shape index (κ3) is 3.29. The minimum atomic E-state index is -0.563. The highest BCUT2D eigenvalue weighted by molar-refractivity contribution is 7.12. The molecule has 1 aromatic heterocycles. The maximum Gasteiger partial charge on any atom is 0.265 e. The zero-order valence-corrected chi connectivity index (χ0v) is 11.8. The van der Waals surface area contributed by atoms with E-state index in [1.54, 1.807) is 11.4 Å². The summed E-state index contributed by atoms with van der Waals surface area (Å²) in [5, 5.41) is 15.8. The monoisotopic (exact) mass is 309 g/mol. The molecule has 1 aromatic carbocycles. The van der Waals surface area contributed by atoms with E-state index in [9.17, 15) is 9.18 Å². The lowest BCUT2D eigenvalue weighted by molar-refractivity contribution is 0.103. The molecule has 0 saturated heterocycles. The summed E-state index contributed by atoms with van der Waals surface area (Å²) in [4.78, 5) is 12.5. The molecule has 0 spiro atoms. The normalized spacial score (nSPS) is 11.2. The molecule has 0 unspecified atom stereocenters. The maximum atomic E-state index is 13.2. The van der Waals surface area contributed by atoms with Crippen molar-refractivity contribution in [1.82, 2.24) is 0 Å². The minimum absolute atomic E-state index is 0.0920. The summed E-state index contributed by atoms with van der Waals surface area (Å²) in [5.41, 5.74) is 5.80. The Hall–Kier alpha value is -2.61. The van der Waals surface area contributed by atoms with Gasteiger partial charge in [-0.1, -0.05) is 5.16 Å². The number of oxime groups is 1. The Labute approximate surface area is 123 Å². The van der Waals surface area contributed by atoms with E-state index in [-0.39, 0.29) is 17.1 Å². The molecule has 6 nitrogen and oxygen atoms in total. The molecule has 0 fully saturated rings. The number of rotatable bonds is 4. The fourth-order valence-corrected chi connectivity index (χ4v) is 2.37. The van der Waals surface area contributed by atoms with Crippen LogP contribution in [0.3, 0.4) is 0 Å². The molecule has 0 aliphatic heterocycles. The van der Waals surface area contributed by atoms with Gasteiger partial charge in [-0.3, -0.25) is 4.79 Å². The number of hydrogen-bond donors (Lipinski definition) is 3. The van der Waals surface area contributed by atoms with Crippen molar-refractivity contribution in [3.05, 3.63) is 45.9 Å². The molecule has 21 heavy (non-hydrogen) atoms. The molecule has 0 aliphatic rings. The Morgan fingerprint density at radius 1 is 1.48 bits per heavy atom. The van der Waals surface area contributed by atoms with Crippen molar-refractivity contribution in [2.75, 3.05) is 12.4 Å². The number of amidine groups is 1. The van der Waals surface area contributed by atoms with Gasteiger partial charge in [-0.15, -0.1) is 11.3 Å². The Bertz CT molecular complexity index is 700. The van der Waals surface area contributed by atoms with Crippen molar-refractivity contribution >= 4 is 28.8 Å². The Morgan fingerprint density at radius 2 is 2.24 bits per heavy atom. The Kier molecular flexibility index (Phi) is 4.39. The number of hydrogen-bond acceptors (Lipinski definition) is 5. The van der Waals surface area contributed by atoms with Gasteiger partial charge in [-0.25, -0.2) is 4.39 Å². The lowest BCUT2D eigenvalue weighted by Crippen LogP contribution is -2.19. The molecule has 8 heteroatoms. The lowest BCUT2D eigenvalue weighted by atomic mass is 10.1. The summed E-state index contributed by atoms with van der Waals surface area (Å²) in [6, 6.07) is 5.15. The number of nitrogens with two attached hydrogens (primary N) is 1. The molecule has 0 aliphatic carbocycles. The van der Waals surface area contributed by atoms with Gasteiger partial charge in [0.25, 0.3) is 5.91 Å². The second kappa shape index (κ2) is 6.23. The van der Waals surface area contributed by atoms with E-state index in [0.717, 1.165) is 6.07 Å². The summed E-state index contributed by atoms with van der Waals surface area (Å²) in [5.74, 6) is -0.691. The summed E-state index contributed by atoms with van der Waals surface area (Å²) in [6.45, 7) is 0. The van der Waals surface area contributed by atoms with Crippen molar-refractivity contribution in [3.63, 3.8) is 0 Å². The van der Waals surface area contributed by atoms with Gasteiger partial charge >= 0.3 is 0 Å². The van der Waals surface area contributed by atoms with Crippen LogP contribution >= 0.6 is 11.3 Å². The van der Waals surface area contributed by atoms with E-state index in [2.05, 4.69) is 10.5 Å². The maximum absolute atomic E-state index is 13.2. The van der Waals surface area contributed by atoms with Crippen molar-refractivity contribution in [1.29, 1.82) is 0 Å². The van der Waals surface area contributed by atoms with Gasteiger partial charge < -0.3 is 21.0 Å². The number of carbonyl (C=O) groups is 1. The number of benzene rings is 1. The third-order valence-electron chi connectivity index (χ3n) is 2.65. The summed E-state index contributed by atoms with van der Waals surface area (Å²) in [6.07, 6.45) is 0. The van der Waals surface area contributed by atoms with Crippen LogP contribution in [-0.2, 0) is 0 Å². The molecule has 4 N–H and O–H groups in total. The predicted octanol–water partition coefficient (Wildman–Crippen LogP) is 2.24. The third-order valence-corrected chi connectivity index (χ3v) is 3.56. The summed E-state index contributed by atoms with van der Waals surface area (Å²) in [7, 11) is 1.50. The first-order valence-corrected chi connectivity index (χ1v) is 6.64. The van der Waals surface area contributed by atoms with Crippen LogP contribution in [0, 0.1) is 5.82 Å². The van der Waals surface area contributed by atoms with Crippen LogP contribution in [-0.4, -0.2) is 24.1 Å². The summed E-state index contributed by atoms with van der Waals surface area (Å²) >= 11 is 1.20. The van der Waals surface area contributed by atoms with E-state index in [1.807, 2.05) is 0 Å². The van der Waals surface area contributed by atoms with Crippen molar-refractivity contribution in [2.45, 2.75) is 0 Å². The molecule has 0 bridgehead atoms. The topological polar surface area (TPSA) is 96.9 Å². The molecule has 0 saturated carbocycles. The average molecular weight is 309 g/mol. The summed E-state index contributed by atoms with van der Waals surface area (Å²) < 4.78 is 18.2. The highest BCUT2D eigenvalue weighted by Gasteiger charge is 2.14. The largest absolute Gasteiger partial charge is 0.496 e. The Balaban J connectivity index is 2.28. The van der Waals surface area contributed by atoms with E-state index in [4.69, 9.17) is 15.7 Å². The van der Waals surface area contributed by atoms with Crippen molar-refractivity contribution < 1.29 is 19.1 Å². The van der Waals surface area contributed by atoms with Crippen molar-refractivity contribution in [2.24, 2.45) is 10.9 Å². The van der Waals surface area contributed by atoms with Crippen LogP contribution in [0.1, 0.15) is 15.2 Å². The number of thiophene rings is 1. The first kappa shape index (κ1) is 14.8. The zero-order chi connectivity index (χ0) is 15.4. The molecule has 110 valence electrons. The smallest absolute Gasteiger partial charge is 0.265 e. The first-order valence-electron chi connectivity index (χ1n) is 5.76. The van der Waals surface area contributed by atoms with E-state index in [1.165, 1.54) is 30.6 Å². The van der Waals surface area contributed by atoms with E-state index < -0.39 is 11.7 Å². The van der Waals surface area contributed by atoms with Gasteiger partial charge in [-0.2, -0.15) is 0 Å². The molecule has 0 radical (unpaired) electrons. The molecular weight excluding hydrogens is 297 g/mol. The van der Waals surface area contributed by atoms with E-state index >= 15 is 0 Å². The van der Waals surface area contributed by atoms with Crippen LogP contribution in [0.25, 0.3) is 0 Å². The SMILES string of the molecule is COc1csc(C(=O)Nc2ccc(F)cc2/C(N)=N/O)c1. The molecule has 0 atom stereocenters. The predicted molar refractivity (Wildman–Crippen MR) is 77.7 cm³/mol. The van der Waals surface area contributed by atoms with Gasteiger partial charge in [-0.05, 0) is 18.2 Å². The number of methoxy groups -OCH3 is 1. The number of anilines is 1. The number of nitrogens with one attached hydrogen (secondary N) is 1. The second-order valence-corrected chi connectivity index (χ2v) is 4.89. The highest BCUT2D eigenvalue weighted by atomic mass is 32.1. The van der Waals surface area contributed by atoms with Gasteiger partial charge in [0, 0.05) is 17.0 Å².